The maximum Gasteiger partial charge on any atom is 0.366 e. The summed E-state index contributed by atoms with van der Waals surface area (Å²) >= 11 is 10.1. The van der Waals surface area contributed by atoms with Crippen molar-refractivity contribution < 1.29 is 0 Å². The van der Waals surface area contributed by atoms with Gasteiger partial charge in [0.1, 0.15) is 0 Å². The van der Waals surface area contributed by atoms with Crippen molar-refractivity contribution in [2.45, 2.75) is 0 Å². The Morgan fingerprint density at radius 3 is 1.67 bits per heavy atom. The molecule has 0 bridgehead atoms. The van der Waals surface area contributed by atoms with Gasteiger partial charge in [0.05, 0.1) is 0 Å². The minimum absolute atomic E-state index is 0. The lowest BCUT2D eigenvalue weighted by molar-refractivity contribution is 0.804. The Hall–Kier alpha value is -0.244. The molecular weight excluding hydrogens is 221 g/mol. The van der Waals surface area contributed by atoms with Gasteiger partial charge in [0, 0.05) is 23.6 Å². The first kappa shape index (κ1) is 11.8. The van der Waals surface area contributed by atoms with E-state index in [-0.39, 0.29) is 31.2 Å². The highest BCUT2D eigenvalue weighted by Crippen LogP contribution is 1.71. The molecule has 0 saturated carbocycles. The molecule has 0 aliphatic heterocycles. The first-order chi connectivity index (χ1) is 5.04. The average Bonchev–Trinajstić information content (AvgIpc) is 1.97. The molecule has 0 saturated heterocycles. The molecule has 0 fully saturated rings. The summed E-state index contributed by atoms with van der Waals surface area (Å²) in [5.41, 5.74) is -3.13. The van der Waals surface area contributed by atoms with E-state index in [1.54, 1.807) is 4.98 Å². The number of aromatic nitrogens is 3. The molecule has 0 aromatic carbocycles. The third-order valence-corrected chi connectivity index (χ3v) is 1.50. The van der Waals surface area contributed by atoms with Gasteiger partial charge in [-0.2, -0.15) is 0 Å². The Bertz CT molecular complexity index is 408. The lowest BCUT2D eigenvalue weighted by Gasteiger charge is -1.91. The summed E-state index contributed by atoms with van der Waals surface area (Å²) in [7, 11) is 0. The minimum atomic E-state index is -1.10. The zero-order chi connectivity index (χ0) is 8.59. The summed E-state index contributed by atoms with van der Waals surface area (Å²) in [5.74, 6) is 0. The second-order valence-corrected chi connectivity index (χ2v) is 2.26. The Labute approximate surface area is 91.1 Å². The third-order valence-electron chi connectivity index (χ3n) is 0.906. The number of halogens is 2. The molecule has 64 valence electrons. The van der Waals surface area contributed by atoms with Crippen LogP contribution in [0.15, 0.2) is 14.4 Å². The van der Waals surface area contributed by atoms with Gasteiger partial charge < -0.3 is 0 Å². The highest BCUT2D eigenvalue weighted by atomic mass is 35.5. The normalized spacial score (nSPS) is 9.17. The number of rotatable bonds is 0. The second kappa shape index (κ2) is 4.12. The van der Waals surface area contributed by atoms with Crippen LogP contribution in [-0.2, 0) is 0 Å². The molecule has 0 radical (unpaired) electrons. The van der Waals surface area contributed by atoms with Crippen molar-refractivity contribution in [1.29, 1.82) is 0 Å². The molecule has 12 heavy (non-hydrogen) atoms. The first-order valence-electron chi connectivity index (χ1n) is 2.34. The summed E-state index contributed by atoms with van der Waals surface area (Å²) in [6.07, 6.45) is 0. The smallest absolute Gasteiger partial charge is 0.257 e. The molecule has 6 nitrogen and oxygen atoms in total. The fraction of sp³-hybridized carbons (Fsp3) is 0. The summed E-state index contributed by atoms with van der Waals surface area (Å²) < 4.78 is 0.322. The van der Waals surface area contributed by atoms with Crippen LogP contribution >= 0.6 is 23.6 Å². The van der Waals surface area contributed by atoms with E-state index in [1.807, 2.05) is 0 Å². The lowest BCUT2D eigenvalue weighted by Crippen LogP contribution is -2.43. The van der Waals surface area contributed by atoms with Crippen molar-refractivity contribution >= 4 is 46.6 Å². The van der Waals surface area contributed by atoms with Crippen LogP contribution in [0.5, 0.6) is 0 Å². The fourth-order valence-corrected chi connectivity index (χ4v) is 0.715. The van der Waals surface area contributed by atoms with E-state index in [4.69, 9.17) is 23.6 Å². The van der Waals surface area contributed by atoms with Crippen LogP contribution in [0, 0.1) is 0 Å². The van der Waals surface area contributed by atoms with Crippen molar-refractivity contribution in [2.24, 2.45) is 0 Å². The van der Waals surface area contributed by atoms with Crippen LogP contribution in [0.1, 0.15) is 0 Å². The van der Waals surface area contributed by atoms with E-state index in [2.05, 4.69) is 0 Å². The van der Waals surface area contributed by atoms with Gasteiger partial charge in [-0.05, 0) is 0 Å². The Balaban J connectivity index is 0.00000121. The van der Waals surface area contributed by atoms with Crippen LogP contribution in [0.2, 0.25) is 0 Å². The van der Waals surface area contributed by atoms with Gasteiger partial charge in [0.25, 0.3) is 0 Å². The first-order valence-corrected chi connectivity index (χ1v) is 3.02. The van der Waals surface area contributed by atoms with Crippen molar-refractivity contribution in [3.05, 3.63) is 31.5 Å². The zero-order valence-electron chi connectivity index (χ0n) is 4.88. The maximum absolute atomic E-state index is 10.7. The van der Waals surface area contributed by atoms with E-state index in [9.17, 15) is 14.4 Å². The van der Waals surface area contributed by atoms with Gasteiger partial charge in [-0.1, -0.05) is 0 Å². The molecule has 9 heteroatoms. The zero-order valence-corrected chi connectivity index (χ0v) is 6.39. The quantitative estimate of drug-likeness (QED) is 0.507. The highest BCUT2D eigenvalue weighted by Gasteiger charge is 2.04. The van der Waals surface area contributed by atoms with Gasteiger partial charge in [-0.3, -0.25) is 4.98 Å². The molecule has 0 aliphatic rings. The Morgan fingerprint density at radius 1 is 1.00 bits per heavy atom. The SMILES string of the molecule is O=c1[nH]c(=O)n(Cl)c(=O)n1Cl.[MgH2]. The number of nitrogens with zero attached hydrogens (tertiary/aromatic N) is 2. The average molecular weight is 224 g/mol. The third kappa shape index (κ3) is 1.92. The predicted octanol–water partition coefficient (Wildman–Crippen LogP) is -2.21. The summed E-state index contributed by atoms with van der Waals surface area (Å²) in [5, 5.41) is 0. The van der Waals surface area contributed by atoms with Gasteiger partial charge in [0.2, 0.25) is 0 Å². The van der Waals surface area contributed by atoms with Gasteiger partial charge >= 0.3 is 40.1 Å². The number of hydrogen-bond acceptors (Lipinski definition) is 3. The predicted molar refractivity (Wildman–Crippen MR) is 46.6 cm³/mol. The summed E-state index contributed by atoms with van der Waals surface area (Å²) in [6, 6.07) is 0. The molecule has 0 aliphatic carbocycles. The standard InChI is InChI=1S/C3HCl2N3O3.Mg.2H/c4-7-1(9)6-2(10)8(5)3(7)11;;;/h(H,6,9,10);;;. The topological polar surface area (TPSA) is 76.9 Å². The van der Waals surface area contributed by atoms with Crippen molar-refractivity contribution in [1.82, 2.24) is 13.2 Å². The van der Waals surface area contributed by atoms with E-state index in [1.165, 1.54) is 0 Å². The van der Waals surface area contributed by atoms with Crippen LogP contribution in [0.4, 0.5) is 0 Å². The van der Waals surface area contributed by atoms with Crippen LogP contribution in [-0.4, -0.2) is 36.2 Å². The Kier molecular flexibility index (Phi) is 4.04. The molecule has 1 aromatic heterocycles. The van der Waals surface area contributed by atoms with E-state index in [0.29, 0.717) is 0 Å². The van der Waals surface area contributed by atoms with E-state index < -0.39 is 17.1 Å². The van der Waals surface area contributed by atoms with Gasteiger partial charge in [-0.15, -0.1) is 8.17 Å². The molecule has 1 N–H and O–H groups in total. The molecule has 0 amide bonds. The van der Waals surface area contributed by atoms with Gasteiger partial charge in [-0.25, -0.2) is 14.4 Å². The van der Waals surface area contributed by atoms with E-state index in [0.717, 1.165) is 0 Å². The molecule has 0 atom stereocenters. The van der Waals surface area contributed by atoms with Crippen molar-refractivity contribution in [3.63, 3.8) is 0 Å². The lowest BCUT2D eigenvalue weighted by atomic mass is 11.0. The molecule has 1 aromatic rings. The fourth-order valence-electron chi connectivity index (χ4n) is 0.440. The molecule has 1 heterocycles. The molecule has 0 unspecified atom stereocenters. The second-order valence-electron chi connectivity index (χ2n) is 1.58. The summed E-state index contributed by atoms with van der Waals surface area (Å²) in [4.78, 5) is 33.4. The van der Waals surface area contributed by atoms with E-state index >= 15 is 0 Å². The number of hydrogen-bond donors (Lipinski definition) is 1. The molecule has 0 spiro atoms. The molecule has 1 rings (SSSR count). The minimum Gasteiger partial charge on any atom is -0.257 e. The monoisotopic (exact) mass is 223 g/mol. The number of H-pyrrole nitrogens is 1. The largest absolute Gasteiger partial charge is 0.366 e. The van der Waals surface area contributed by atoms with Crippen LogP contribution < -0.4 is 17.1 Å². The van der Waals surface area contributed by atoms with Crippen LogP contribution in [0.25, 0.3) is 0 Å². The number of aromatic amines is 1. The highest BCUT2D eigenvalue weighted by molar-refractivity contribution is 6.17. The van der Waals surface area contributed by atoms with Crippen molar-refractivity contribution in [3.8, 4) is 0 Å². The molecular formula is C3H3Cl2MgN3O3. The Morgan fingerprint density at radius 2 is 1.33 bits per heavy atom. The summed E-state index contributed by atoms with van der Waals surface area (Å²) in [6.45, 7) is 0. The van der Waals surface area contributed by atoms with Crippen molar-refractivity contribution in [2.75, 3.05) is 0 Å². The number of nitrogens with one attached hydrogen (secondary N) is 1. The van der Waals surface area contributed by atoms with Gasteiger partial charge in [0.15, 0.2) is 0 Å². The van der Waals surface area contributed by atoms with Crippen LogP contribution in [0.3, 0.4) is 0 Å². The maximum atomic E-state index is 10.7.